The molecular weight excluding hydrogens is 443 g/mol. The lowest BCUT2D eigenvalue weighted by Crippen LogP contribution is -2.39. The number of nitrogens with one attached hydrogen (secondary N) is 2. The fourth-order valence-electron chi connectivity index (χ4n) is 2.58. The summed E-state index contributed by atoms with van der Waals surface area (Å²) < 4.78 is 0. The molecule has 0 bridgehead atoms. The number of aromatic nitrogens is 1. The molecule has 0 spiro atoms. The predicted molar refractivity (Wildman–Crippen MR) is 120 cm³/mol. The Hall–Kier alpha value is -1.15. The molecule has 0 saturated heterocycles. The Labute approximate surface area is 172 Å². The zero-order valence-electron chi connectivity index (χ0n) is 15.6. The number of halogens is 1. The van der Waals surface area contributed by atoms with Crippen LogP contribution in [-0.4, -0.2) is 31.1 Å². The molecule has 0 saturated carbocycles. The zero-order chi connectivity index (χ0) is 17.4. The molecule has 1 aromatic heterocycles. The number of aliphatic imine (C=N–C) groups is 1. The van der Waals surface area contributed by atoms with Gasteiger partial charge in [-0.3, -0.25) is 4.99 Å². The molecule has 0 aliphatic heterocycles. The van der Waals surface area contributed by atoms with Crippen molar-refractivity contribution in [3.8, 4) is 0 Å². The molecule has 0 atom stereocenters. The van der Waals surface area contributed by atoms with Gasteiger partial charge in [-0.25, -0.2) is 4.98 Å². The van der Waals surface area contributed by atoms with Gasteiger partial charge < -0.3 is 10.6 Å². The average Bonchev–Trinajstić information content (AvgIpc) is 3.03. The Kier molecular flexibility index (Phi) is 10.0. The van der Waals surface area contributed by atoms with Crippen LogP contribution in [0.3, 0.4) is 0 Å². The molecule has 0 fully saturated rings. The summed E-state index contributed by atoms with van der Waals surface area (Å²) in [4.78, 5) is 10.1. The van der Waals surface area contributed by atoms with E-state index in [-0.39, 0.29) is 24.0 Å². The summed E-state index contributed by atoms with van der Waals surface area (Å²) in [6, 6.07) is 6.63. The van der Waals surface area contributed by atoms with E-state index < -0.39 is 0 Å². The monoisotopic (exact) mass is 472 g/mol. The number of hydrogen-bond donors (Lipinski definition) is 2. The quantitative estimate of drug-likeness (QED) is 0.365. The number of guanidine groups is 1. The van der Waals surface area contributed by atoms with E-state index in [9.17, 15) is 0 Å². The third-order valence-corrected chi connectivity index (χ3v) is 5.19. The van der Waals surface area contributed by atoms with Crippen LogP contribution in [-0.2, 0) is 19.3 Å². The average molecular weight is 472 g/mol. The SMILES string of the molecule is CCc1cnc(CCNC(=NC)NCCc2ccc(C)cc2C)s1.I. The van der Waals surface area contributed by atoms with E-state index in [4.69, 9.17) is 0 Å². The molecule has 4 nitrogen and oxygen atoms in total. The van der Waals surface area contributed by atoms with Crippen molar-refractivity contribution in [1.29, 1.82) is 0 Å². The maximum absolute atomic E-state index is 4.45. The molecule has 2 rings (SSSR count). The number of thiazole rings is 1. The normalized spacial score (nSPS) is 11.1. The fourth-order valence-corrected chi connectivity index (χ4v) is 3.44. The minimum Gasteiger partial charge on any atom is -0.356 e. The zero-order valence-corrected chi connectivity index (χ0v) is 18.7. The first-order chi connectivity index (χ1) is 11.6. The summed E-state index contributed by atoms with van der Waals surface area (Å²) in [5.74, 6) is 0.854. The number of benzene rings is 1. The summed E-state index contributed by atoms with van der Waals surface area (Å²) in [6.45, 7) is 8.19. The number of hydrogen-bond acceptors (Lipinski definition) is 3. The molecule has 0 unspecified atom stereocenters. The molecule has 0 aliphatic rings. The standard InChI is InChI=1S/C19H28N4S.HI/c1-5-17-13-23-18(24-17)9-11-22-19(20-4)21-10-8-16-7-6-14(2)12-15(16)3;/h6-7,12-13H,5,8-11H2,1-4H3,(H2,20,21,22);1H. The van der Waals surface area contributed by atoms with E-state index in [2.05, 4.69) is 59.6 Å². The Morgan fingerprint density at radius 2 is 1.88 bits per heavy atom. The number of rotatable bonds is 7. The van der Waals surface area contributed by atoms with E-state index in [0.717, 1.165) is 38.3 Å². The van der Waals surface area contributed by atoms with Gasteiger partial charge in [0.15, 0.2) is 5.96 Å². The van der Waals surface area contributed by atoms with Crippen LogP contribution in [0.4, 0.5) is 0 Å². The second-order valence-electron chi connectivity index (χ2n) is 5.93. The highest BCUT2D eigenvalue weighted by molar-refractivity contribution is 14.0. The third-order valence-electron chi connectivity index (χ3n) is 3.99. The van der Waals surface area contributed by atoms with E-state index in [1.165, 1.54) is 26.6 Å². The minimum atomic E-state index is 0. The van der Waals surface area contributed by atoms with Crippen molar-refractivity contribution in [2.24, 2.45) is 4.99 Å². The van der Waals surface area contributed by atoms with Gasteiger partial charge in [0.1, 0.15) is 0 Å². The molecule has 25 heavy (non-hydrogen) atoms. The lowest BCUT2D eigenvalue weighted by Gasteiger charge is -2.12. The highest BCUT2D eigenvalue weighted by atomic mass is 127. The molecule has 0 aliphatic carbocycles. The van der Waals surface area contributed by atoms with Crippen LogP contribution in [0.15, 0.2) is 29.4 Å². The lowest BCUT2D eigenvalue weighted by atomic mass is 10.0. The van der Waals surface area contributed by atoms with Crippen LogP contribution in [0, 0.1) is 13.8 Å². The van der Waals surface area contributed by atoms with Gasteiger partial charge in [0.05, 0.1) is 5.01 Å². The Balaban J connectivity index is 0.00000312. The van der Waals surface area contributed by atoms with Crippen molar-refractivity contribution < 1.29 is 0 Å². The van der Waals surface area contributed by atoms with Gasteiger partial charge in [0.2, 0.25) is 0 Å². The van der Waals surface area contributed by atoms with Crippen molar-refractivity contribution in [3.63, 3.8) is 0 Å². The summed E-state index contributed by atoms with van der Waals surface area (Å²) in [5.41, 5.74) is 4.06. The van der Waals surface area contributed by atoms with Crippen LogP contribution in [0.1, 0.15) is 33.5 Å². The molecular formula is C19H29IN4S. The lowest BCUT2D eigenvalue weighted by molar-refractivity contribution is 0.780. The van der Waals surface area contributed by atoms with Gasteiger partial charge in [0, 0.05) is 37.6 Å². The maximum atomic E-state index is 4.45. The van der Waals surface area contributed by atoms with Crippen molar-refractivity contribution in [2.75, 3.05) is 20.1 Å². The van der Waals surface area contributed by atoms with Crippen LogP contribution >= 0.6 is 35.3 Å². The first-order valence-corrected chi connectivity index (χ1v) is 9.38. The number of nitrogens with zero attached hydrogens (tertiary/aromatic N) is 2. The molecule has 1 heterocycles. The van der Waals surface area contributed by atoms with Crippen LogP contribution in [0.25, 0.3) is 0 Å². The van der Waals surface area contributed by atoms with E-state index in [0.29, 0.717) is 0 Å². The van der Waals surface area contributed by atoms with Crippen LogP contribution < -0.4 is 10.6 Å². The summed E-state index contributed by atoms with van der Waals surface area (Å²) in [5, 5.41) is 7.93. The molecule has 138 valence electrons. The van der Waals surface area contributed by atoms with Crippen molar-refractivity contribution >= 4 is 41.3 Å². The maximum Gasteiger partial charge on any atom is 0.191 e. The molecule has 2 N–H and O–H groups in total. The highest BCUT2D eigenvalue weighted by Gasteiger charge is 2.03. The third kappa shape index (κ3) is 7.32. The molecule has 6 heteroatoms. The van der Waals surface area contributed by atoms with Gasteiger partial charge in [0.25, 0.3) is 0 Å². The van der Waals surface area contributed by atoms with Crippen molar-refractivity contribution in [1.82, 2.24) is 15.6 Å². The second kappa shape index (κ2) is 11.5. The van der Waals surface area contributed by atoms with Crippen molar-refractivity contribution in [3.05, 3.63) is 51.0 Å². The fraction of sp³-hybridized carbons (Fsp3) is 0.474. The van der Waals surface area contributed by atoms with Gasteiger partial charge in [-0.05, 0) is 37.8 Å². The Morgan fingerprint density at radius 3 is 2.48 bits per heavy atom. The predicted octanol–water partition coefficient (Wildman–Crippen LogP) is 3.89. The molecule has 0 amide bonds. The highest BCUT2D eigenvalue weighted by Crippen LogP contribution is 2.13. The second-order valence-corrected chi connectivity index (χ2v) is 7.13. The summed E-state index contributed by atoms with van der Waals surface area (Å²) in [6.07, 6.45) is 4.98. The molecule has 2 aromatic rings. The summed E-state index contributed by atoms with van der Waals surface area (Å²) in [7, 11) is 1.81. The van der Waals surface area contributed by atoms with Gasteiger partial charge in [-0.2, -0.15) is 0 Å². The summed E-state index contributed by atoms with van der Waals surface area (Å²) >= 11 is 1.80. The van der Waals surface area contributed by atoms with Gasteiger partial charge in [-0.1, -0.05) is 30.7 Å². The molecule has 0 radical (unpaired) electrons. The Morgan fingerprint density at radius 1 is 1.16 bits per heavy atom. The Bertz CT molecular complexity index is 682. The first-order valence-electron chi connectivity index (χ1n) is 8.56. The topological polar surface area (TPSA) is 49.3 Å². The van der Waals surface area contributed by atoms with E-state index in [1.807, 2.05) is 13.2 Å². The minimum absolute atomic E-state index is 0. The van der Waals surface area contributed by atoms with Gasteiger partial charge in [-0.15, -0.1) is 35.3 Å². The van der Waals surface area contributed by atoms with Crippen molar-refractivity contribution in [2.45, 2.75) is 40.0 Å². The number of aryl methyl sites for hydroxylation is 3. The van der Waals surface area contributed by atoms with E-state index in [1.54, 1.807) is 11.3 Å². The van der Waals surface area contributed by atoms with Gasteiger partial charge >= 0.3 is 0 Å². The van der Waals surface area contributed by atoms with E-state index >= 15 is 0 Å². The largest absolute Gasteiger partial charge is 0.356 e. The van der Waals surface area contributed by atoms with Crippen LogP contribution in [0.2, 0.25) is 0 Å². The van der Waals surface area contributed by atoms with Crippen LogP contribution in [0.5, 0.6) is 0 Å². The molecule has 1 aromatic carbocycles. The first kappa shape index (κ1) is 21.9. The smallest absolute Gasteiger partial charge is 0.191 e.